The first-order valence-electron chi connectivity index (χ1n) is 5.33. The normalized spacial score (nSPS) is 25.2. The van der Waals surface area contributed by atoms with Crippen LogP contribution in [0, 0.1) is 0 Å². The van der Waals surface area contributed by atoms with Gasteiger partial charge in [-0.3, -0.25) is 0 Å². The summed E-state index contributed by atoms with van der Waals surface area (Å²) in [4.78, 5) is 4.76. The molecule has 2 atom stereocenters. The number of nitrogen functional groups attached to an aromatic ring is 1. The summed E-state index contributed by atoms with van der Waals surface area (Å²) in [6, 6.07) is 0.187. The number of thiazole rings is 1. The van der Waals surface area contributed by atoms with Crippen molar-refractivity contribution in [3.8, 4) is 0 Å². The Hall–Kier alpha value is -0.690. The molecule has 2 heterocycles. The molecular weight excluding hydrogens is 226 g/mol. The van der Waals surface area contributed by atoms with Crippen LogP contribution in [-0.2, 0) is 10.3 Å². The Morgan fingerprint density at radius 3 is 3.19 bits per heavy atom. The first-order valence-corrected chi connectivity index (χ1v) is 6.15. The second-order valence-electron chi connectivity index (χ2n) is 4.27. The molecule has 0 spiro atoms. The smallest absolute Gasteiger partial charge is 0.180 e. The van der Waals surface area contributed by atoms with Gasteiger partial charge in [0.2, 0.25) is 0 Å². The molecule has 2 rings (SSSR count). The lowest BCUT2D eigenvalue weighted by atomic mass is 9.95. The number of nitrogens with zero attached hydrogens (tertiary/aromatic N) is 1. The van der Waals surface area contributed by atoms with Gasteiger partial charge in [0.25, 0.3) is 0 Å². The van der Waals surface area contributed by atoms with E-state index in [1.54, 1.807) is 13.1 Å². The number of hydrogen-bond donors (Lipinski definition) is 3. The van der Waals surface area contributed by atoms with Crippen LogP contribution in [0.5, 0.6) is 0 Å². The van der Waals surface area contributed by atoms with E-state index in [4.69, 9.17) is 10.5 Å². The molecule has 0 amide bonds. The monoisotopic (exact) mass is 243 g/mol. The molecule has 6 heteroatoms. The third kappa shape index (κ3) is 2.70. The largest absolute Gasteiger partial charge is 0.384 e. The topological polar surface area (TPSA) is 80.4 Å². The second-order valence-corrected chi connectivity index (χ2v) is 5.33. The average molecular weight is 243 g/mol. The first kappa shape index (κ1) is 11.8. The van der Waals surface area contributed by atoms with E-state index in [9.17, 15) is 5.11 Å². The molecule has 0 bridgehead atoms. The highest BCUT2D eigenvalue weighted by Gasteiger charge is 2.30. The minimum absolute atomic E-state index is 0.187. The van der Waals surface area contributed by atoms with E-state index in [-0.39, 0.29) is 6.04 Å². The molecule has 1 aromatic rings. The third-order valence-electron chi connectivity index (χ3n) is 2.70. The van der Waals surface area contributed by atoms with Crippen molar-refractivity contribution in [3.05, 3.63) is 11.1 Å². The van der Waals surface area contributed by atoms with Crippen LogP contribution < -0.4 is 11.1 Å². The summed E-state index contributed by atoms with van der Waals surface area (Å²) in [6.07, 6.45) is 2.25. The number of aromatic nitrogens is 1. The van der Waals surface area contributed by atoms with E-state index in [1.807, 2.05) is 0 Å². The van der Waals surface area contributed by atoms with Crippen LogP contribution in [0.1, 0.15) is 18.2 Å². The second kappa shape index (κ2) is 4.67. The molecule has 1 aliphatic rings. The molecule has 0 aliphatic carbocycles. The predicted molar refractivity (Wildman–Crippen MR) is 63.3 cm³/mol. The fourth-order valence-corrected chi connectivity index (χ4v) is 2.61. The Labute approximate surface area is 98.6 Å². The maximum absolute atomic E-state index is 10.4. The van der Waals surface area contributed by atoms with Crippen LogP contribution in [-0.4, -0.2) is 35.9 Å². The molecule has 2 unspecified atom stereocenters. The SMILES string of the molecule is CC(O)(CC1COCCN1)c1cnc(N)s1. The van der Waals surface area contributed by atoms with E-state index in [1.165, 1.54) is 11.3 Å². The van der Waals surface area contributed by atoms with Crippen LogP contribution in [0.25, 0.3) is 0 Å². The zero-order valence-corrected chi connectivity index (χ0v) is 10.1. The van der Waals surface area contributed by atoms with Crippen molar-refractivity contribution in [2.75, 3.05) is 25.5 Å². The standard InChI is InChI=1S/C10H17N3O2S/c1-10(14,8-5-13-9(11)16-8)4-7-6-15-3-2-12-7/h5,7,12,14H,2-4,6H2,1H3,(H2,11,13). The lowest BCUT2D eigenvalue weighted by Gasteiger charge is -2.30. The Morgan fingerprint density at radius 2 is 2.62 bits per heavy atom. The van der Waals surface area contributed by atoms with E-state index in [0.29, 0.717) is 18.2 Å². The first-order chi connectivity index (χ1) is 7.58. The predicted octanol–water partition coefficient (Wildman–Crippen LogP) is 0.311. The van der Waals surface area contributed by atoms with Gasteiger partial charge >= 0.3 is 0 Å². The number of nitrogens with one attached hydrogen (secondary N) is 1. The zero-order valence-electron chi connectivity index (χ0n) is 9.27. The highest BCUT2D eigenvalue weighted by atomic mass is 32.1. The maximum atomic E-state index is 10.4. The Morgan fingerprint density at radius 1 is 1.81 bits per heavy atom. The lowest BCUT2D eigenvalue weighted by molar-refractivity contribution is 0.00537. The Balaban J connectivity index is 2.01. The van der Waals surface area contributed by atoms with Crippen molar-refractivity contribution < 1.29 is 9.84 Å². The highest BCUT2D eigenvalue weighted by Crippen LogP contribution is 2.31. The van der Waals surface area contributed by atoms with Crippen LogP contribution in [0.2, 0.25) is 0 Å². The van der Waals surface area contributed by atoms with E-state index < -0.39 is 5.60 Å². The summed E-state index contributed by atoms with van der Waals surface area (Å²) in [5, 5.41) is 14.2. The average Bonchev–Trinajstić information content (AvgIpc) is 2.66. The quantitative estimate of drug-likeness (QED) is 0.712. The van der Waals surface area contributed by atoms with Gasteiger partial charge in [-0.15, -0.1) is 0 Å². The summed E-state index contributed by atoms with van der Waals surface area (Å²) in [7, 11) is 0. The number of morpholine rings is 1. The maximum Gasteiger partial charge on any atom is 0.180 e. The van der Waals surface area contributed by atoms with Gasteiger partial charge in [0.05, 0.1) is 23.7 Å². The van der Waals surface area contributed by atoms with Gasteiger partial charge in [0.1, 0.15) is 0 Å². The highest BCUT2D eigenvalue weighted by molar-refractivity contribution is 7.15. The molecule has 1 saturated heterocycles. The molecule has 16 heavy (non-hydrogen) atoms. The molecule has 1 aliphatic heterocycles. The van der Waals surface area contributed by atoms with E-state index in [0.717, 1.165) is 18.0 Å². The van der Waals surface area contributed by atoms with E-state index >= 15 is 0 Å². The number of aliphatic hydroxyl groups is 1. The third-order valence-corrected chi connectivity index (χ3v) is 3.78. The van der Waals surface area contributed by atoms with Crippen LogP contribution >= 0.6 is 11.3 Å². The summed E-state index contributed by atoms with van der Waals surface area (Å²) in [6.45, 7) is 4.01. The zero-order chi connectivity index (χ0) is 11.6. The minimum Gasteiger partial charge on any atom is -0.384 e. The Bertz CT molecular complexity index is 348. The molecule has 0 saturated carbocycles. The van der Waals surface area contributed by atoms with Crippen molar-refractivity contribution in [2.45, 2.75) is 25.0 Å². The van der Waals surface area contributed by atoms with Crippen LogP contribution in [0.4, 0.5) is 5.13 Å². The minimum atomic E-state index is -0.895. The van der Waals surface area contributed by atoms with Gasteiger partial charge in [-0.05, 0) is 13.3 Å². The van der Waals surface area contributed by atoms with Crippen LogP contribution in [0.15, 0.2) is 6.20 Å². The van der Waals surface area contributed by atoms with Gasteiger partial charge in [-0.1, -0.05) is 11.3 Å². The summed E-state index contributed by atoms with van der Waals surface area (Å²) in [5.74, 6) is 0. The van der Waals surface area contributed by atoms with Crippen molar-refractivity contribution in [3.63, 3.8) is 0 Å². The molecule has 90 valence electrons. The van der Waals surface area contributed by atoms with Crippen molar-refractivity contribution in [1.82, 2.24) is 10.3 Å². The summed E-state index contributed by atoms with van der Waals surface area (Å²) >= 11 is 1.33. The Kier molecular flexibility index (Phi) is 3.44. The number of anilines is 1. The summed E-state index contributed by atoms with van der Waals surface area (Å²) in [5.41, 5.74) is 4.67. The van der Waals surface area contributed by atoms with Crippen molar-refractivity contribution >= 4 is 16.5 Å². The number of rotatable bonds is 3. The van der Waals surface area contributed by atoms with Crippen LogP contribution in [0.3, 0.4) is 0 Å². The molecule has 1 aromatic heterocycles. The fourth-order valence-electron chi connectivity index (χ4n) is 1.87. The molecule has 5 nitrogen and oxygen atoms in total. The number of nitrogens with two attached hydrogens (primary N) is 1. The molecule has 1 fully saturated rings. The fraction of sp³-hybridized carbons (Fsp3) is 0.700. The van der Waals surface area contributed by atoms with Gasteiger partial charge < -0.3 is 20.9 Å². The molecule has 4 N–H and O–H groups in total. The molecule has 0 aromatic carbocycles. The summed E-state index contributed by atoms with van der Waals surface area (Å²) < 4.78 is 5.36. The van der Waals surface area contributed by atoms with Gasteiger partial charge in [-0.2, -0.15) is 0 Å². The van der Waals surface area contributed by atoms with Gasteiger partial charge in [-0.25, -0.2) is 4.98 Å². The van der Waals surface area contributed by atoms with Gasteiger partial charge in [0.15, 0.2) is 5.13 Å². The molecular formula is C10H17N3O2S. The van der Waals surface area contributed by atoms with Crippen molar-refractivity contribution in [2.24, 2.45) is 0 Å². The molecule has 0 radical (unpaired) electrons. The lowest BCUT2D eigenvalue weighted by Crippen LogP contribution is -2.44. The number of ether oxygens (including phenoxy) is 1. The van der Waals surface area contributed by atoms with Crippen molar-refractivity contribution in [1.29, 1.82) is 0 Å². The number of hydrogen-bond acceptors (Lipinski definition) is 6. The van der Waals surface area contributed by atoms with E-state index in [2.05, 4.69) is 10.3 Å². The van der Waals surface area contributed by atoms with Gasteiger partial charge in [0, 0.05) is 18.8 Å².